The van der Waals surface area contributed by atoms with Gasteiger partial charge < -0.3 is 15.2 Å². The summed E-state index contributed by atoms with van der Waals surface area (Å²) < 4.78 is 32.0. The van der Waals surface area contributed by atoms with E-state index in [9.17, 15) is 18.4 Å². The zero-order valence-electron chi connectivity index (χ0n) is 12.8. The molecule has 0 spiro atoms. The number of aliphatic carboxylic acids is 1. The van der Waals surface area contributed by atoms with Crippen molar-refractivity contribution in [3.63, 3.8) is 0 Å². The molecule has 1 unspecified atom stereocenters. The summed E-state index contributed by atoms with van der Waals surface area (Å²) in [6.45, 7) is 4.81. The third-order valence-electron chi connectivity index (χ3n) is 2.64. The van der Waals surface area contributed by atoms with Crippen LogP contribution in [0.1, 0.15) is 31.9 Å². The van der Waals surface area contributed by atoms with Gasteiger partial charge >= 0.3 is 12.1 Å². The summed E-state index contributed by atoms with van der Waals surface area (Å²) >= 11 is 0. The van der Waals surface area contributed by atoms with Gasteiger partial charge in [-0.05, 0) is 38.5 Å². The van der Waals surface area contributed by atoms with Gasteiger partial charge in [0.1, 0.15) is 34.9 Å². The standard InChI is InChI=1S/C15H16F2N2O4/c1-15(2,3)23-14(22)19-12(13(20)21)6-8-4-10(16)9(7-18)11(17)5-8/h4-5,12H,6H2,1-3H3,(H,19,22)(H,20,21). The number of rotatable bonds is 4. The van der Waals surface area contributed by atoms with E-state index in [1.807, 2.05) is 0 Å². The summed E-state index contributed by atoms with van der Waals surface area (Å²) in [5.74, 6) is -3.58. The topological polar surface area (TPSA) is 99.4 Å². The number of alkyl carbamates (subject to hydrolysis) is 1. The number of carboxylic acids is 1. The molecule has 0 aliphatic heterocycles. The van der Waals surface area contributed by atoms with E-state index in [1.165, 1.54) is 6.07 Å². The van der Waals surface area contributed by atoms with Crippen molar-refractivity contribution in [1.82, 2.24) is 5.32 Å². The molecule has 23 heavy (non-hydrogen) atoms. The molecule has 0 bridgehead atoms. The molecule has 1 amide bonds. The number of halogens is 2. The van der Waals surface area contributed by atoms with E-state index in [0.717, 1.165) is 12.1 Å². The van der Waals surface area contributed by atoms with E-state index in [4.69, 9.17) is 15.1 Å². The predicted molar refractivity (Wildman–Crippen MR) is 75.6 cm³/mol. The predicted octanol–water partition coefficient (Wildman–Crippen LogP) is 2.36. The molecule has 0 saturated heterocycles. The monoisotopic (exact) mass is 326 g/mol. The Balaban J connectivity index is 2.92. The molecule has 0 heterocycles. The smallest absolute Gasteiger partial charge is 0.408 e. The lowest BCUT2D eigenvalue weighted by molar-refractivity contribution is -0.139. The Morgan fingerprint density at radius 1 is 1.35 bits per heavy atom. The second kappa shape index (κ2) is 7.05. The molecule has 6 nitrogen and oxygen atoms in total. The van der Waals surface area contributed by atoms with Gasteiger partial charge in [0.2, 0.25) is 0 Å². The van der Waals surface area contributed by atoms with Crippen LogP contribution in [0.15, 0.2) is 12.1 Å². The van der Waals surface area contributed by atoms with Gasteiger partial charge in [-0.15, -0.1) is 0 Å². The van der Waals surface area contributed by atoms with Crippen molar-refractivity contribution >= 4 is 12.1 Å². The zero-order chi connectivity index (χ0) is 17.8. The molecule has 1 atom stereocenters. The summed E-state index contributed by atoms with van der Waals surface area (Å²) in [7, 11) is 0. The molecule has 0 fully saturated rings. The van der Waals surface area contributed by atoms with E-state index in [0.29, 0.717) is 0 Å². The van der Waals surface area contributed by atoms with Crippen molar-refractivity contribution in [3.8, 4) is 6.07 Å². The molecule has 0 aromatic heterocycles. The molecule has 0 radical (unpaired) electrons. The SMILES string of the molecule is CC(C)(C)OC(=O)NC(Cc1cc(F)c(C#N)c(F)c1)C(=O)O. The average Bonchev–Trinajstić information content (AvgIpc) is 2.35. The Morgan fingerprint density at radius 3 is 2.26 bits per heavy atom. The molecule has 1 aromatic rings. The summed E-state index contributed by atoms with van der Waals surface area (Å²) in [6, 6.07) is 1.65. The number of nitriles is 1. The minimum absolute atomic E-state index is 0.0116. The number of benzene rings is 1. The highest BCUT2D eigenvalue weighted by Crippen LogP contribution is 2.16. The summed E-state index contributed by atoms with van der Waals surface area (Å²) in [6.07, 6.45) is -1.33. The lowest BCUT2D eigenvalue weighted by Gasteiger charge is -2.22. The molecule has 2 N–H and O–H groups in total. The van der Waals surface area contributed by atoms with Crippen molar-refractivity contribution in [2.45, 2.75) is 38.8 Å². The second-order valence-electron chi connectivity index (χ2n) is 5.79. The van der Waals surface area contributed by atoms with Crippen LogP contribution in [0, 0.1) is 23.0 Å². The molecular formula is C15H16F2N2O4. The number of carbonyl (C=O) groups excluding carboxylic acids is 1. The highest BCUT2D eigenvalue weighted by atomic mass is 19.1. The first-order valence-corrected chi connectivity index (χ1v) is 6.64. The van der Waals surface area contributed by atoms with Gasteiger partial charge in [0.05, 0.1) is 0 Å². The van der Waals surface area contributed by atoms with Crippen LogP contribution >= 0.6 is 0 Å². The summed E-state index contributed by atoms with van der Waals surface area (Å²) in [5.41, 5.74) is -1.58. The number of carbonyl (C=O) groups is 2. The lowest BCUT2D eigenvalue weighted by atomic mass is 10.0. The normalized spacial score (nSPS) is 12.2. The van der Waals surface area contributed by atoms with Crippen molar-refractivity contribution in [1.29, 1.82) is 5.26 Å². The Kier molecular flexibility index (Phi) is 5.62. The minimum Gasteiger partial charge on any atom is -0.480 e. The van der Waals surface area contributed by atoms with Crippen LogP contribution in [0.5, 0.6) is 0 Å². The fourth-order valence-electron chi connectivity index (χ4n) is 1.74. The van der Waals surface area contributed by atoms with Gasteiger partial charge in [-0.1, -0.05) is 0 Å². The van der Waals surface area contributed by atoms with Crippen molar-refractivity contribution < 1.29 is 28.2 Å². The number of carboxylic acid groups (broad SMARTS) is 1. The van der Waals surface area contributed by atoms with E-state index in [2.05, 4.69) is 5.32 Å². The second-order valence-corrected chi connectivity index (χ2v) is 5.79. The average molecular weight is 326 g/mol. The van der Waals surface area contributed by atoms with E-state index < -0.39 is 40.9 Å². The van der Waals surface area contributed by atoms with Crippen LogP contribution in [-0.4, -0.2) is 28.8 Å². The number of amides is 1. The minimum atomic E-state index is -1.43. The van der Waals surface area contributed by atoms with Gasteiger partial charge in [0.15, 0.2) is 0 Å². The van der Waals surface area contributed by atoms with Crippen LogP contribution in [0.2, 0.25) is 0 Å². The maximum atomic E-state index is 13.5. The van der Waals surface area contributed by atoms with Crippen LogP contribution in [-0.2, 0) is 16.0 Å². The molecule has 0 aliphatic rings. The number of ether oxygens (including phenoxy) is 1. The first-order valence-electron chi connectivity index (χ1n) is 6.64. The number of nitrogens with zero attached hydrogens (tertiary/aromatic N) is 1. The van der Waals surface area contributed by atoms with Crippen molar-refractivity contribution in [2.24, 2.45) is 0 Å². The fraction of sp³-hybridized carbons (Fsp3) is 0.400. The molecule has 8 heteroatoms. The summed E-state index contributed by atoms with van der Waals surface area (Å²) in [4.78, 5) is 22.8. The molecule has 124 valence electrons. The summed E-state index contributed by atoms with van der Waals surface area (Å²) in [5, 5.41) is 19.8. The molecule has 0 saturated carbocycles. The Labute approximate surface area is 131 Å². The first-order chi connectivity index (χ1) is 10.5. The van der Waals surface area contributed by atoms with Gasteiger partial charge in [0, 0.05) is 6.42 Å². The van der Waals surface area contributed by atoms with E-state index in [1.54, 1.807) is 20.8 Å². The van der Waals surface area contributed by atoms with E-state index >= 15 is 0 Å². The number of nitrogens with one attached hydrogen (secondary N) is 1. The maximum Gasteiger partial charge on any atom is 0.408 e. The Morgan fingerprint density at radius 2 is 1.87 bits per heavy atom. The van der Waals surface area contributed by atoms with Crippen LogP contribution in [0.3, 0.4) is 0 Å². The van der Waals surface area contributed by atoms with Gasteiger partial charge in [-0.2, -0.15) is 5.26 Å². The zero-order valence-corrected chi connectivity index (χ0v) is 12.8. The Hall–Kier alpha value is -2.69. The third kappa shape index (κ3) is 5.54. The van der Waals surface area contributed by atoms with Gasteiger partial charge in [0.25, 0.3) is 0 Å². The largest absolute Gasteiger partial charge is 0.480 e. The van der Waals surface area contributed by atoms with Crippen LogP contribution in [0.4, 0.5) is 13.6 Å². The van der Waals surface area contributed by atoms with Gasteiger partial charge in [-0.3, -0.25) is 0 Å². The number of hydrogen-bond acceptors (Lipinski definition) is 4. The highest BCUT2D eigenvalue weighted by molar-refractivity contribution is 5.80. The molecule has 1 aromatic carbocycles. The van der Waals surface area contributed by atoms with Crippen LogP contribution < -0.4 is 5.32 Å². The fourth-order valence-corrected chi connectivity index (χ4v) is 1.74. The highest BCUT2D eigenvalue weighted by Gasteiger charge is 2.25. The first kappa shape index (κ1) is 18.4. The van der Waals surface area contributed by atoms with Crippen molar-refractivity contribution in [2.75, 3.05) is 0 Å². The molecule has 1 rings (SSSR count). The molecule has 0 aliphatic carbocycles. The van der Waals surface area contributed by atoms with Crippen LogP contribution in [0.25, 0.3) is 0 Å². The van der Waals surface area contributed by atoms with Crippen molar-refractivity contribution in [3.05, 3.63) is 34.9 Å². The quantitative estimate of drug-likeness (QED) is 0.885. The van der Waals surface area contributed by atoms with E-state index in [-0.39, 0.29) is 12.0 Å². The number of hydrogen-bond donors (Lipinski definition) is 2. The van der Waals surface area contributed by atoms with Gasteiger partial charge in [-0.25, -0.2) is 18.4 Å². The lowest BCUT2D eigenvalue weighted by Crippen LogP contribution is -2.44. The maximum absolute atomic E-state index is 13.5. The Bertz CT molecular complexity index is 639. The molecular weight excluding hydrogens is 310 g/mol. The third-order valence-corrected chi connectivity index (χ3v) is 2.64.